The van der Waals surface area contributed by atoms with E-state index in [9.17, 15) is 0 Å². The third-order valence-electron chi connectivity index (χ3n) is 7.46. The van der Waals surface area contributed by atoms with E-state index in [0.29, 0.717) is 5.54 Å². The van der Waals surface area contributed by atoms with Crippen LogP contribution in [0.25, 0.3) is 0 Å². The molecule has 0 atom stereocenters. The topological polar surface area (TPSA) is 0 Å². The second-order valence-electron chi connectivity index (χ2n) is 11.3. The molecule has 0 fully saturated rings. The maximum atomic E-state index is 2.42. The number of hydrogen-bond acceptors (Lipinski definition) is 0. The minimum atomic E-state index is 0. The first-order valence-electron chi connectivity index (χ1n) is 13.6. The van der Waals surface area contributed by atoms with Crippen molar-refractivity contribution < 1.29 is 16.9 Å². The van der Waals surface area contributed by atoms with Gasteiger partial charge in [-0.15, -0.1) is 0 Å². The fourth-order valence-corrected chi connectivity index (χ4v) is 4.15. The lowest BCUT2D eigenvalue weighted by molar-refractivity contribution is -0.920. The summed E-state index contributed by atoms with van der Waals surface area (Å²) in [5, 5.41) is 0. The van der Waals surface area contributed by atoms with E-state index in [2.05, 4.69) is 41.9 Å². The molecule has 0 amide bonds. The van der Waals surface area contributed by atoms with Crippen LogP contribution in [0, 0.1) is 0 Å². The monoisotopic (exact) mass is 445 g/mol. The van der Waals surface area contributed by atoms with Gasteiger partial charge in [0.25, 0.3) is 0 Å². The highest BCUT2D eigenvalue weighted by Crippen LogP contribution is 2.25. The van der Waals surface area contributed by atoms with Gasteiger partial charge in [0, 0.05) is 6.42 Å². The van der Waals surface area contributed by atoms with E-state index in [0.717, 1.165) is 4.48 Å². The Morgan fingerprint density at radius 1 is 0.433 bits per heavy atom. The van der Waals surface area contributed by atoms with Crippen molar-refractivity contribution in [2.75, 3.05) is 21.1 Å². The summed E-state index contributed by atoms with van der Waals surface area (Å²) in [6.45, 7) is 7.14. The first kappa shape index (κ1) is 32.4. The molecule has 0 unspecified atom stereocenters. The zero-order valence-corrected chi connectivity index (χ0v) is 22.9. The molecule has 1 nitrogen and oxygen atoms in total. The summed E-state index contributed by atoms with van der Waals surface area (Å²) in [7, 11) is 6.99. The van der Waals surface area contributed by atoms with Gasteiger partial charge in [0.1, 0.15) is 0 Å². The fourth-order valence-electron chi connectivity index (χ4n) is 4.15. The smallest absolute Gasteiger partial charge is 0.0929 e. The minimum absolute atomic E-state index is 0. The lowest BCUT2D eigenvalue weighted by Crippen LogP contribution is -3.00. The van der Waals surface area contributed by atoms with E-state index in [4.69, 9.17) is 0 Å². The van der Waals surface area contributed by atoms with Gasteiger partial charge in [-0.2, -0.15) is 0 Å². The summed E-state index contributed by atoms with van der Waals surface area (Å²) < 4.78 is 1.08. The summed E-state index contributed by atoms with van der Waals surface area (Å²) in [5.74, 6) is 0. The van der Waals surface area contributed by atoms with E-state index in [1.54, 1.807) is 0 Å². The minimum Gasteiger partial charge on any atom is -1.00 e. The molecule has 0 aliphatic carbocycles. The van der Waals surface area contributed by atoms with E-state index in [-0.39, 0.29) is 12.4 Å². The number of halogens is 1. The van der Waals surface area contributed by atoms with Crippen LogP contribution in [0.1, 0.15) is 156 Å². The molecule has 0 aromatic carbocycles. The van der Waals surface area contributed by atoms with Gasteiger partial charge in [-0.05, 0) is 20.3 Å². The Morgan fingerprint density at radius 2 is 0.667 bits per heavy atom. The maximum Gasteiger partial charge on any atom is 0.0929 e. The van der Waals surface area contributed by atoms with Crippen molar-refractivity contribution in [2.24, 2.45) is 0 Å². The summed E-state index contributed by atoms with van der Waals surface area (Å²) in [6, 6.07) is 0. The van der Waals surface area contributed by atoms with Crippen molar-refractivity contribution in [3.63, 3.8) is 0 Å². The normalized spacial score (nSPS) is 12.2. The third-order valence-corrected chi connectivity index (χ3v) is 7.46. The van der Waals surface area contributed by atoms with Crippen molar-refractivity contribution in [3.8, 4) is 0 Å². The summed E-state index contributed by atoms with van der Waals surface area (Å²) >= 11 is 0. The molecular formula is C28H60ClN. The van der Waals surface area contributed by atoms with E-state index >= 15 is 0 Å². The average molecular weight is 446 g/mol. The number of unbranched alkanes of at least 4 members (excludes halogenated alkanes) is 19. The SMILES string of the molecule is CCCCCCCCCCCCCCCCCCCCCCC(C)(C)[N+](C)(C)C.[Cl-]. The van der Waals surface area contributed by atoms with Gasteiger partial charge in [-0.1, -0.05) is 129 Å². The number of quaternary nitrogens is 1. The molecule has 0 bridgehead atoms. The Balaban J connectivity index is 0. The molecule has 0 rings (SSSR count). The van der Waals surface area contributed by atoms with Crippen molar-refractivity contribution in [1.29, 1.82) is 0 Å². The molecule has 0 N–H and O–H groups in total. The number of rotatable bonds is 22. The largest absolute Gasteiger partial charge is 1.00 e. The summed E-state index contributed by atoms with van der Waals surface area (Å²) in [5.41, 5.74) is 0.411. The van der Waals surface area contributed by atoms with Crippen LogP contribution in [0.4, 0.5) is 0 Å². The molecule has 0 saturated heterocycles. The highest BCUT2D eigenvalue weighted by Gasteiger charge is 2.31. The molecule has 0 aliphatic heterocycles. The van der Waals surface area contributed by atoms with Gasteiger partial charge in [0.2, 0.25) is 0 Å². The van der Waals surface area contributed by atoms with Crippen LogP contribution in [0.5, 0.6) is 0 Å². The van der Waals surface area contributed by atoms with E-state index in [1.807, 2.05) is 0 Å². The lowest BCUT2D eigenvalue weighted by Gasteiger charge is -2.41. The number of nitrogens with zero attached hydrogens (tertiary/aromatic N) is 1. The van der Waals surface area contributed by atoms with Crippen molar-refractivity contribution in [1.82, 2.24) is 0 Å². The van der Waals surface area contributed by atoms with Crippen LogP contribution in [0.2, 0.25) is 0 Å². The Kier molecular flexibility index (Phi) is 22.8. The number of hydrogen-bond donors (Lipinski definition) is 0. The molecular weight excluding hydrogens is 386 g/mol. The van der Waals surface area contributed by atoms with Crippen LogP contribution in [0.15, 0.2) is 0 Å². The maximum absolute atomic E-state index is 2.42. The highest BCUT2D eigenvalue weighted by molar-refractivity contribution is 4.68. The Bertz CT molecular complexity index is 332. The van der Waals surface area contributed by atoms with Gasteiger partial charge in [-0.25, -0.2) is 0 Å². The van der Waals surface area contributed by atoms with Crippen molar-refractivity contribution in [3.05, 3.63) is 0 Å². The predicted octanol–water partition coefficient (Wildman–Crippen LogP) is 6.69. The van der Waals surface area contributed by atoms with Crippen LogP contribution in [-0.4, -0.2) is 31.2 Å². The van der Waals surface area contributed by atoms with E-state index in [1.165, 1.54) is 135 Å². The van der Waals surface area contributed by atoms with Crippen LogP contribution in [0.3, 0.4) is 0 Å². The van der Waals surface area contributed by atoms with Crippen molar-refractivity contribution in [2.45, 2.75) is 161 Å². The average Bonchev–Trinajstić information content (AvgIpc) is 2.65. The Labute approximate surface area is 199 Å². The summed E-state index contributed by atoms with van der Waals surface area (Å²) in [6.07, 6.45) is 30.6. The standard InChI is InChI=1S/C28H60N.ClH/c1-7-8-9-10-11-12-13-14-15-16-17-18-19-20-21-22-23-24-25-26-27-28(2,3)29(4,5)6;/h7-27H2,1-6H3;1H/q+1;/p-1. The van der Waals surface area contributed by atoms with Crippen LogP contribution < -0.4 is 12.4 Å². The molecule has 184 valence electrons. The van der Waals surface area contributed by atoms with Crippen LogP contribution >= 0.6 is 0 Å². The van der Waals surface area contributed by atoms with Gasteiger partial charge in [-0.3, -0.25) is 0 Å². The Morgan fingerprint density at radius 3 is 0.900 bits per heavy atom. The van der Waals surface area contributed by atoms with Gasteiger partial charge in [0.05, 0.1) is 26.7 Å². The van der Waals surface area contributed by atoms with E-state index < -0.39 is 0 Å². The molecule has 0 saturated carbocycles. The third kappa shape index (κ3) is 20.2. The van der Waals surface area contributed by atoms with Gasteiger partial charge >= 0.3 is 0 Å². The van der Waals surface area contributed by atoms with Gasteiger partial charge < -0.3 is 16.9 Å². The van der Waals surface area contributed by atoms with Gasteiger partial charge in [0.15, 0.2) is 0 Å². The second kappa shape index (κ2) is 21.1. The second-order valence-corrected chi connectivity index (χ2v) is 11.3. The van der Waals surface area contributed by atoms with Crippen LogP contribution in [-0.2, 0) is 0 Å². The lowest BCUT2D eigenvalue weighted by atomic mass is 9.93. The summed E-state index contributed by atoms with van der Waals surface area (Å²) in [4.78, 5) is 0. The molecule has 0 aliphatic rings. The first-order chi connectivity index (χ1) is 13.8. The molecule has 0 radical (unpaired) electrons. The molecule has 30 heavy (non-hydrogen) atoms. The highest BCUT2D eigenvalue weighted by atomic mass is 35.5. The molecule has 2 heteroatoms. The Hall–Kier alpha value is 0.250. The quantitative estimate of drug-likeness (QED) is 0.129. The molecule has 0 aromatic heterocycles. The van der Waals surface area contributed by atoms with Crippen molar-refractivity contribution >= 4 is 0 Å². The molecule has 0 aromatic rings. The predicted molar refractivity (Wildman–Crippen MR) is 135 cm³/mol. The molecule has 0 spiro atoms. The first-order valence-corrected chi connectivity index (χ1v) is 13.6. The molecule has 0 heterocycles. The fraction of sp³-hybridized carbons (Fsp3) is 1.00. The zero-order chi connectivity index (χ0) is 21.8. The zero-order valence-electron chi connectivity index (χ0n) is 22.2.